The first-order chi connectivity index (χ1) is 10.2. The summed E-state index contributed by atoms with van der Waals surface area (Å²) >= 11 is 0. The second kappa shape index (κ2) is 4.85. The fourth-order valence-corrected chi connectivity index (χ4v) is 3.43. The van der Waals surface area contributed by atoms with Gasteiger partial charge < -0.3 is 9.80 Å². The molecule has 0 bridgehead atoms. The predicted octanol–water partition coefficient (Wildman–Crippen LogP) is -0.266. The molecule has 2 aliphatic heterocycles. The fraction of sp³-hybridized carbons (Fsp3) is 0.571. The first-order valence-electron chi connectivity index (χ1n) is 7.44. The molecule has 21 heavy (non-hydrogen) atoms. The lowest BCUT2D eigenvalue weighted by molar-refractivity contribution is 0.0191. The number of carbonyl (C=O) groups excluding carboxylic acids is 1. The van der Waals surface area contributed by atoms with E-state index in [1.165, 1.54) is 0 Å². The molecular weight excluding hydrogens is 268 g/mol. The van der Waals surface area contributed by atoms with Crippen molar-refractivity contribution in [2.45, 2.75) is 6.04 Å². The van der Waals surface area contributed by atoms with E-state index in [0.717, 1.165) is 39.3 Å². The number of nitrogens with one attached hydrogen (secondary N) is 1. The Morgan fingerprint density at radius 1 is 1.29 bits per heavy atom. The molecule has 0 spiro atoms. The zero-order valence-electron chi connectivity index (χ0n) is 12.2. The Kier molecular flexibility index (Phi) is 2.97. The highest BCUT2D eigenvalue weighted by Crippen LogP contribution is 2.18. The van der Waals surface area contributed by atoms with E-state index in [9.17, 15) is 4.79 Å². The second-order valence-electron chi connectivity index (χ2n) is 6.01. The maximum Gasteiger partial charge on any atom is 0.259 e. The summed E-state index contributed by atoms with van der Waals surface area (Å²) < 4.78 is 1.78. The van der Waals surface area contributed by atoms with Gasteiger partial charge in [-0.3, -0.25) is 14.8 Å². The van der Waals surface area contributed by atoms with Gasteiger partial charge in [0.25, 0.3) is 5.91 Å². The number of likely N-dealkylation sites (N-methyl/N-ethyl adjacent to an activating group) is 1. The zero-order valence-corrected chi connectivity index (χ0v) is 12.2. The molecular formula is C14H20N6O. The van der Waals surface area contributed by atoms with Crippen LogP contribution in [0, 0.1) is 0 Å². The van der Waals surface area contributed by atoms with Crippen LogP contribution in [0.5, 0.6) is 0 Å². The van der Waals surface area contributed by atoms with Crippen molar-refractivity contribution in [2.75, 3.05) is 46.3 Å². The first kappa shape index (κ1) is 12.8. The van der Waals surface area contributed by atoms with Crippen LogP contribution in [0.15, 0.2) is 18.6 Å². The van der Waals surface area contributed by atoms with Crippen molar-refractivity contribution in [2.24, 2.45) is 0 Å². The molecule has 0 aliphatic carbocycles. The van der Waals surface area contributed by atoms with Crippen molar-refractivity contribution in [1.82, 2.24) is 29.3 Å². The maximum absolute atomic E-state index is 12.7. The largest absolute Gasteiger partial charge is 0.336 e. The van der Waals surface area contributed by atoms with Crippen LogP contribution in [0.4, 0.5) is 0 Å². The van der Waals surface area contributed by atoms with Crippen LogP contribution in [-0.4, -0.2) is 87.6 Å². The number of piperazine rings is 2. The lowest BCUT2D eigenvalue weighted by atomic mass is 10.1. The van der Waals surface area contributed by atoms with Crippen LogP contribution >= 0.6 is 0 Å². The van der Waals surface area contributed by atoms with E-state index in [1.807, 2.05) is 11.1 Å². The number of H-pyrrole nitrogens is 1. The summed E-state index contributed by atoms with van der Waals surface area (Å²) in [6.45, 7) is 5.85. The molecule has 2 fully saturated rings. The van der Waals surface area contributed by atoms with Gasteiger partial charge in [-0.25, -0.2) is 9.50 Å². The van der Waals surface area contributed by atoms with E-state index in [-0.39, 0.29) is 5.91 Å². The van der Waals surface area contributed by atoms with E-state index in [4.69, 9.17) is 0 Å². The Morgan fingerprint density at radius 3 is 3.05 bits per heavy atom. The number of hydrogen-bond donors (Lipinski definition) is 1. The number of amides is 1. The standard InChI is InChI=1S/C14H20N6O/c1-17-4-5-18-6-7-19(10-11(18)9-17)14(21)12-8-16-20-3-2-15-13(12)20/h2-3,8,11,16H,4-7,9-10H2,1H3. The Hall–Kier alpha value is -1.86. The Labute approximate surface area is 123 Å². The van der Waals surface area contributed by atoms with Crippen molar-refractivity contribution in [3.8, 4) is 0 Å². The van der Waals surface area contributed by atoms with Crippen LogP contribution in [-0.2, 0) is 0 Å². The lowest BCUT2D eigenvalue weighted by Crippen LogP contribution is -2.62. The first-order valence-corrected chi connectivity index (χ1v) is 7.44. The van der Waals surface area contributed by atoms with Gasteiger partial charge in [0, 0.05) is 63.9 Å². The predicted molar refractivity (Wildman–Crippen MR) is 78.3 cm³/mol. The molecule has 0 saturated carbocycles. The van der Waals surface area contributed by atoms with Gasteiger partial charge in [0.2, 0.25) is 0 Å². The summed E-state index contributed by atoms with van der Waals surface area (Å²) in [6.07, 6.45) is 5.28. The molecule has 2 aliphatic rings. The quantitative estimate of drug-likeness (QED) is 0.785. The number of hydrogen-bond acceptors (Lipinski definition) is 4. The van der Waals surface area contributed by atoms with Gasteiger partial charge in [0.1, 0.15) is 5.56 Å². The highest BCUT2D eigenvalue weighted by molar-refractivity contribution is 5.99. The van der Waals surface area contributed by atoms with Gasteiger partial charge in [-0.2, -0.15) is 0 Å². The number of aromatic amines is 1. The average Bonchev–Trinajstić information content (AvgIpc) is 3.08. The molecule has 2 aromatic rings. The van der Waals surface area contributed by atoms with Gasteiger partial charge in [-0.15, -0.1) is 0 Å². The van der Waals surface area contributed by atoms with E-state index in [1.54, 1.807) is 16.9 Å². The van der Waals surface area contributed by atoms with Crippen LogP contribution in [0.3, 0.4) is 0 Å². The Balaban J connectivity index is 1.54. The summed E-state index contributed by atoms with van der Waals surface area (Å²) in [5, 5.41) is 3.04. The van der Waals surface area contributed by atoms with E-state index in [2.05, 4.69) is 26.9 Å². The topological polar surface area (TPSA) is 59.9 Å². The Morgan fingerprint density at radius 2 is 2.14 bits per heavy atom. The second-order valence-corrected chi connectivity index (χ2v) is 6.01. The van der Waals surface area contributed by atoms with Crippen molar-refractivity contribution in [3.05, 3.63) is 24.2 Å². The van der Waals surface area contributed by atoms with Gasteiger partial charge in [-0.1, -0.05) is 0 Å². The van der Waals surface area contributed by atoms with Gasteiger partial charge >= 0.3 is 0 Å². The molecule has 112 valence electrons. The molecule has 0 aromatic carbocycles. The smallest absolute Gasteiger partial charge is 0.259 e. The summed E-state index contributed by atoms with van der Waals surface area (Å²) in [4.78, 5) is 23.8. The molecule has 7 nitrogen and oxygen atoms in total. The summed E-state index contributed by atoms with van der Waals surface area (Å²) in [7, 11) is 2.15. The number of fused-ring (bicyclic) bond motifs is 2. The molecule has 2 aromatic heterocycles. The third kappa shape index (κ3) is 2.13. The highest BCUT2D eigenvalue weighted by Gasteiger charge is 2.33. The molecule has 1 amide bonds. The molecule has 4 heterocycles. The summed E-state index contributed by atoms with van der Waals surface area (Å²) in [5.74, 6) is 0.0836. The maximum atomic E-state index is 12.7. The van der Waals surface area contributed by atoms with Crippen molar-refractivity contribution >= 4 is 11.6 Å². The number of rotatable bonds is 1. The van der Waals surface area contributed by atoms with Crippen LogP contribution in [0.25, 0.3) is 5.65 Å². The van der Waals surface area contributed by atoms with Crippen molar-refractivity contribution < 1.29 is 4.79 Å². The molecule has 1 unspecified atom stereocenters. The minimum Gasteiger partial charge on any atom is -0.336 e. The van der Waals surface area contributed by atoms with Crippen LogP contribution < -0.4 is 0 Å². The fourth-order valence-electron chi connectivity index (χ4n) is 3.43. The van der Waals surface area contributed by atoms with Crippen molar-refractivity contribution in [3.63, 3.8) is 0 Å². The van der Waals surface area contributed by atoms with Crippen LogP contribution in [0.1, 0.15) is 10.4 Å². The molecule has 4 rings (SSSR count). The highest BCUT2D eigenvalue weighted by atomic mass is 16.2. The number of aromatic nitrogens is 3. The molecule has 1 atom stereocenters. The molecule has 0 radical (unpaired) electrons. The average molecular weight is 288 g/mol. The summed E-state index contributed by atoms with van der Waals surface area (Å²) in [6, 6.07) is 0.455. The minimum atomic E-state index is 0.0836. The van der Waals surface area contributed by atoms with Gasteiger partial charge in [-0.05, 0) is 7.05 Å². The van der Waals surface area contributed by atoms with E-state index < -0.39 is 0 Å². The van der Waals surface area contributed by atoms with Gasteiger partial charge in [0.15, 0.2) is 5.65 Å². The normalized spacial score (nSPS) is 24.4. The number of nitrogens with zero attached hydrogens (tertiary/aromatic N) is 5. The van der Waals surface area contributed by atoms with Crippen molar-refractivity contribution in [1.29, 1.82) is 0 Å². The Bertz CT molecular complexity index is 661. The minimum absolute atomic E-state index is 0.0836. The van der Waals surface area contributed by atoms with Crippen LogP contribution in [0.2, 0.25) is 0 Å². The van der Waals surface area contributed by atoms with E-state index in [0.29, 0.717) is 17.3 Å². The monoisotopic (exact) mass is 288 g/mol. The number of imidazole rings is 1. The number of carbonyl (C=O) groups is 1. The lowest BCUT2D eigenvalue weighted by Gasteiger charge is -2.46. The third-order valence-electron chi connectivity index (χ3n) is 4.64. The third-order valence-corrected chi connectivity index (χ3v) is 4.64. The SMILES string of the molecule is CN1CCN2CCN(C(=O)c3c[nH]n4ccnc34)CC2C1. The summed E-state index contributed by atoms with van der Waals surface area (Å²) in [5.41, 5.74) is 1.38. The van der Waals surface area contributed by atoms with Gasteiger partial charge in [0.05, 0.1) is 0 Å². The zero-order chi connectivity index (χ0) is 14.4. The molecule has 7 heteroatoms. The molecule has 1 N–H and O–H groups in total. The molecule has 2 saturated heterocycles. The van der Waals surface area contributed by atoms with E-state index >= 15 is 0 Å².